The summed E-state index contributed by atoms with van der Waals surface area (Å²) >= 11 is 0. The number of methoxy groups -OCH3 is 1. The van der Waals surface area contributed by atoms with Gasteiger partial charge in [0.1, 0.15) is 18.1 Å². The number of aromatic nitrogens is 1. The first-order valence-corrected chi connectivity index (χ1v) is 11.3. The third-order valence-electron chi connectivity index (χ3n) is 6.23. The van der Waals surface area contributed by atoms with Crippen LogP contribution in [-0.2, 0) is 19.4 Å². The van der Waals surface area contributed by atoms with Gasteiger partial charge in [0.2, 0.25) is 0 Å². The molecule has 0 aliphatic heterocycles. The largest absolute Gasteiger partial charge is 0.496 e. The lowest BCUT2D eigenvalue weighted by molar-refractivity contribution is 0.295. The third kappa shape index (κ3) is 4.08. The minimum absolute atomic E-state index is 0.414. The zero-order chi connectivity index (χ0) is 22.7. The molecule has 1 aromatic heterocycles. The van der Waals surface area contributed by atoms with Crippen LogP contribution >= 0.6 is 0 Å². The summed E-state index contributed by atoms with van der Waals surface area (Å²) in [5.41, 5.74) is 7.90. The highest BCUT2D eigenvalue weighted by Gasteiger charge is 2.20. The van der Waals surface area contributed by atoms with Gasteiger partial charge in [-0.15, -0.1) is 0 Å². The average molecular weight is 426 g/mol. The fourth-order valence-corrected chi connectivity index (χ4v) is 4.47. The van der Waals surface area contributed by atoms with E-state index in [1.54, 1.807) is 7.11 Å². The van der Waals surface area contributed by atoms with E-state index in [0.717, 1.165) is 46.9 Å². The molecule has 0 unspecified atom stereocenters. The molecule has 164 valence electrons. The molecule has 0 N–H and O–H groups in total. The van der Waals surface area contributed by atoms with E-state index in [2.05, 4.69) is 63.2 Å². The number of hydrogen-bond acceptors (Lipinski definition) is 3. The molecular formula is C29H31NO2. The summed E-state index contributed by atoms with van der Waals surface area (Å²) in [5, 5.41) is 2.37. The number of benzene rings is 3. The van der Waals surface area contributed by atoms with Crippen molar-refractivity contribution in [2.75, 3.05) is 7.11 Å². The molecule has 32 heavy (non-hydrogen) atoms. The summed E-state index contributed by atoms with van der Waals surface area (Å²) in [5.74, 6) is 1.71. The summed E-state index contributed by atoms with van der Waals surface area (Å²) < 4.78 is 12.1. The van der Waals surface area contributed by atoms with E-state index in [-0.39, 0.29) is 0 Å². The Hall–Kier alpha value is -3.33. The van der Waals surface area contributed by atoms with E-state index in [1.807, 2.05) is 25.1 Å². The van der Waals surface area contributed by atoms with E-state index in [0.29, 0.717) is 6.61 Å². The monoisotopic (exact) mass is 425 g/mol. The van der Waals surface area contributed by atoms with Crippen LogP contribution in [0.4, 0.5) is 0 Å². The molecule has 0 aliphatic rings. The van der Waals surface area contributed by atoms with Gasteiger partial charge in [0.15, 0.2) is 0 Å². The number of ether oxygens (including phenoxy) is 2. The van der Waals surface area contributed by atoms with Crippen molar-refractivity contribution < 1.29 is 9.47 Å². The Morgan fingerprint density at radius 2 is 1.50 bits per heavy atom. The predicted octanol–water partition coefficient (Wildman–Crippen LogP) is 7.23. The molecule has 0 fully saturated rings. The summed E-state index contributed by atoms with van der Waals surface area (Å²) in [6.45, 7) is 8.96. The fourth-order valence-electron chi connectivity index (χ4n) is 4.47. The number of pyridine rings is 1. The van der Waals surface area contributed by atoms with Crippen LogP contribution in [0.25, 0.3) is 22.0 Å². The SMILES string of the molecule is CCc1cccc(CC)c1-c1nc(C)c(COc2ccc3ccccc3c2)c(OC)c1C. The quantitative estimate of drug-likeness (QED) is 0.313. The van der Waals surface area contributed by atoms with E-state index >= 15 is 0 Å². The first kappa shape index (κ1) is 21.9. The van der Waals surface area contributed by atoms with Crippen LogP contribution in [-0.4, -0.2) is 12.1 Å². The van der Waals surface area contributed by atoms with E-state index < -0.39 is 0 Å². The average Bonchev–Trinajstić information content (AvgIpc) is 2.83. The molecule has 0 atom stereocenters. The lowest BCUT2D eigenvalue weighted by Gasteiger charge is -2.20. The lowest BCUT2D eigenvalue weighted by atomic mass is 9.91. The van der Waals surface area contributed by atoms with Gasteiger partial charge in [-0.1, -0.05) is 62.4 Å². The van der Waals surface area contributed by atoms with E-state index in [1.165, 1.54) is 27.5 Å². The van der Waals surface area contributed by atoms with Gasteiger partial charge in [-0.3, -0.25) is 4.98 Å². The van der Waals surface area contributed by atoms with Gasteiger partial charge in [0, 0.05) is 16.8 Å². The van der Waals surface area contributed by atoms with Crippen LogP contribution < -0.4 is 9.47 Å². The summed E-state index contributed by atoms with van der Waals surface area (Å²) in [4.78, 5) is 5.07. The second kappa shape index (κ2) is 9.44. The van der Waals surface area contributed by atoms with Crippen LogP contribution in [0.2, 0.25) is 0 Å². The number of rotatable bonds is 7. The Bertz CT molecular complexity index is 1240. The zero-order valence-electron chi connectivity index (χ0n) is 19.7. The molecule has 0 saturated carbocycles. The van der Waals surface area contributed by atoms with Crippen molar-refractivity contribution in [1.29, 1.82) is 0 Å². The molecule has 4 aromatic rings. The van der Waals surface area contributed by atoms with Gasteiger partial charge in [-0.2, -0.15) is 0 Å². The van der Waals surface area contributed by atoms with Gasteiger partial charge in [0.25, 0.3) is 0 Å². The summed E-state index contributed by atoms with van der Waals surface area (Å²) in [7, 11) is 1.73. The molecule has 4 rings (SSSR count). The Morgan fingerprint density at radius 1 is 0.812 bits per heavy atom. The minimum atomic E-state index is 0.414. The molecule has 0 amide bonds. The normalized spacial score (nSPS) is 11.0. The second-order valence-corrected chi connectivity index (χ2v) is 8.14. The van der Waals surface area contributed by atoms with Gasteiger partial charge >= 0.3 is 0 Å². The molecule has 0 spiro atoms. The van der Waals surface area contributed by atoms with Crippen LogP contribution in [0.1, 0.15) is 41.8 Å². The molecule has 0 bridgehead atoms. The Labute approximate surface area is 191 Å². The van der Waals surface area contributed by atoms with Crippen molar-refractivity contribution in [1.82, 2.24) is 4.98 Å². The van der Waals surface area contributed by atoms with Gasteiger partial charge < -0.3 is 9.47 Å². The van der Waals surface area contributed by atoms with Gasteiger partial charge in [-0.25, -0.2) is 0 Å². The van der Waals surface area contributed by atoms with Crippen molar-refractivity contribution in [3.63, 3.8) is 0 Å². The van der Waals surface area contributed by atoms with Gasteiger partial charge in [0.05, 0.1) is 18.4 Å². The number of fused-ring (bicyclic) bond motifs is 1. The highest BCUT2D eigenvalue weighted by molar-refractivity contribution is 5.83. The maximum atomic E-state index is 6.19. The van der Waals surface area contributed by atoms with Crippen LogP contribution in [0.3, 0.4) is 0 Å². The predicted molar refractivity (Wildman–Crippen MR) is 133 cm³/mol. The van der Waals surface area contributed by atoms with Crippen molar-refractivity contribution in [3.8, 4) is 22.8 Å². The van der Waals surface area contributed by atoms with E-state index in [4.69, 9.17) is 14.5 Å². The maximum Gasteiger partial charge on any atom is 0.132 e. The maximum absolute atomic E-state index is 6.19. The van der Waals surface area contributed by atoms with Crippen molar-refractivity contribution >= 4 is 10.8 Å². The topological polar surface area (TPSA) is 31.4 Å². The van der Waals surface area contributed by atoms with Crippen LogP contribution in [0, 0.1) is 13.8 Å². The molecule has 0 radical (unpaired) electrons. The molecular weight excluding hydrogens is 394 g/mol. The van der Waals surface area contributed by atoms with Crippen molar-refractivity contribution in [2.24, 2.45) is 0 Å². The highest BCUT2D eigenvalue weighted by atomic mass is 16.5. The first-order valence-electron chi connectivity index (χ1n) is 11.3. The van der Waals surface area contributed by atoms with Crippen LogP contribution in [0.15, 0.2) is 60.7 Å². The van der Waals surface area contributed by atoms with Crippen molar-refractivity contribution in [2.45, 2.75) is 47.1 Å². The zero-order valence-corrected chi connectivity index (χ0v) is 19.7. The Kier molecular flexibility index (Phi) is 6.45. The Balaban J connectivity index is 1.73. The first-order chi connectivity index (χ1) is 15.6. The second-order valence-electron chi connectivity index (χ2n) is 8.14. The molecule has 0 aliphatic carbocycles. The smallest absolute Gasteiger partial charge is 0.132 e. The Morgan fingerprint density at radius 3 is 2.16 bits per heavy atom. The molecule has 3 nitrogen and oxygen atoms in total. The summed E-state index contributed by atoms with van der Waals surface area (Å²) in [6.07, 6.45) is 1.94. The summed E-state index contributed by atoms with van der Waals surface area (Å²) in [6, 6.07) is 21.0. The van der Waals surface area contributed by atoms with Gasteiger partial charge in [-0.05, 0) is 60.7 Å². The fraction of sp³-hybridized carbons (Fsp3) is 0.276. The number of aryl methyl sites for hydroxylation is 3. The van der Waals surface area contributed by atoms with Crippen molar-refractivity contribution in [3.05, 3.63) is 88.6 Å². The standard InChI is InChI=1S/C29H31NO2/c1-6-21-13-10-14-22(7-2)27(21)28-19(3)29(31-5)26(20(4)30-28)18-32-25-16-15-23-11-8-9-12-24(23)17-25/h8-17H,6-7,18H2,1-5H3. The lowest BCUT2D eigenvalue weighted by Crippen LogP contribution is -2.08. The number of hydrogen-bond donors (Lipinski definition) is 0. The molecule has 3 heteroatoms. The molecule has 1 heterocycles. The molecule has 0 saturated heterocycles. The minimum Gasteiger partial charge on any atom is -0.496 e. The number of nitrogens with zero attached hydrogens (tertiary/aromatic N) is 1. The highest BCUT2D eigenvalue weighted by Crippen LogP contribution is 2.37. The molecule has 3 aromatic carbocycles. The van der Waals surface area contributed by atoms with Crippen LogP contribution in [0.5, 0.6) is 11.5 Å². The van der Waals surface area contributed by atoms with E-state index in [9.17, 15) is 0 Å². The third-order valence-corrected chi connectivity index (χ3v) is 6.23.